The highest BCUT2D eigenvalue weighted by Gasteiger charge is 2.36. The van der Waals surface area contributed by atoms with E-state index in [1.807, 2.05) is 0 Å². The minimum absolute atomic E-state index is 0.0819. The number of thiocarbonyl (C=S) groups is 1. The van der Waals surface area contributed by atoms with Crippen molar-refractivity contribution in [2.45, 2.75) is 13.0 Å². The SMILES string of the molecule is COC(=O)C1=C(C)N(C)C(=S)N[C@H]1c1ccccc1[N+](=O)[O-]. The molecule has 0 radical (unpaired) electrons. The van der Waals surface area contributed by atoms with E-state index < -0.39 is 16.9 Å². The Bertz CT molecular complexity index is 686. The van der Waals surface area contributed by atoms with Crippen molar-refractivity contribution in [3.63, 3.8) is 0 Å². The zero-order valence-electron chi connectivity index (χ0n) is 12.3. The molecule has 0 aromatic heterocycles. The zero-order chi connectivity index (χ0) is 16.4. The second-order valence-electron chi connectivity index (χ2n) is 4.75. The number of hydrogen-bond donors (Lipinski definition) is 1. The molecule has 0 fully saturated rings. The molecule has 0 saturated carbocycles. The average molecular weight is 321 g/mol. The quantitative estimate of drug-likeness (QED) is 0.394. The Labute approximate surface area is 132 Å². The van der Waals surface area contributed by atoms with Gasteiger partial charge in [0.05, 0.1) is 29.2 Å². The van der Waals surface area contributed by atoms with Crippen LogP contribution in [0, 0.1) is 10.1 Å². The molecule has 0 amide bonds. The lowest BCUT2D eigenvalue weighted by Gasteiger charge is -2.34. The van der Waals surface area contributed by atoms with Crippen LogP contribution >= 0.6 is 12.2 Å². The summed E-state index contributed by atoms with van der Waals surface area (Å²) in [7, 11) is 2.98. The predicted molar refractivity (Wildman–Crippen MR) is 84.1 cm³/mol. The maximum Gasteiger partial charge on any atom is 0.337 e. The van der Waals surface area contributed by atoms with Crippen LogP contribution in [0.1, 0.15) is 18.5 Å². The number of nitrogens with zero attached hydrogens (tertiary/aromatic N) is 2. The summed E-state index contributed by atoms with van der Waals surface area (Å²) in [6.45, 7) is 1.72. The van der Waals surface area contributed by atoms with E-state index >= 15 is 0 Å². The number of nitrogens with one attached hydrogen (secondary N) is 1. The van der Waals surface area contributed by atoms with Crippen LogP contribution in [0.25, 0.3) is 0 Å². The van der Waals surface area contributed by atoms with Gasteiger partial charge in [0, 0.05) is 18.8 Å². The largest absolute Gasteiger partial charge is 0.466 e. The Morgan fingerprint density at radius 1 is 1.45 bits per heavy atom. The molecule has 8 heteroatoms. The van der Waals surface area contributed by atoms with E-state index in [0.717, 1.165) is 0 Å². The third kappa shape index (κ3) is 2.64. The van der Waals surface area contributed by atoms with E-state index in [9.17, 15) is 14.9 Å². The minimum Gasteiger partial charge on any atom is -0.466 e. The second kappa shape index (κ2) is 6.10. The van der Waals surface area contributed by atoms with E-state index in [1.165, 1.54) is 13.2 Å². The van der Waals surface area contributed by atoms with Gasteiger partial charge in [-0.3, -0.25) is 10.1 Å². The zero-order valence-corrected chi connectivity index (χ0v) is 13.1. The number of benzene rings is 1. The molecule has 1 N–H and O–H groups in total. The van der Waals surface area contributed by atoms with Gasteiger partial charge in [-0.2, -0.15) is 0 Å². The van der Waals surface area contributed by atoms with Crippen molar-refractivity contribution in [3.8, 4) is 0 Å². The summed E-state index contributed by atoms with van der Waals surface area (Å²) in [5.41, 5.74) is 1.18. The summed E-state index contributed by atoms with van der Waals surface area (Å²) >= 11 is 5.23. The van der Waals surface area contributed by atoms with Gasteiger partial charge in [-0.05, 0) is 25.2 Å². The van der Waals surface area contributed by atoms with Crippen molar-refractivity contribution < 1.29 is 14.5 Å². The highest BCUT2D eigenvalue weighted by molar-refractivity contribution is 7.80. The molecule has 0 aliphatic carbocycles. The number of nitro benzene ring substituents is 1. The standard InChI is InChI=1S/C14H15N3O4S/c1-8-11(13(18)21-3)12(15-14(22)16(8)2)9-6-4-5-7-10(9)17(19)20/h4-7,12H,1-3H3,(H,15,22)/t12-/m0/s1. The van der Waals surface area contributed by atoms with E-state index in [1.54, 1.807) is 37.1 Å². The summed E-state index contributed by atoms with van der Waals surface area (Å²) in [5, 5.41) is 14.6. The fraction of sp³-hybridized carbons (Fsp3) is 0.286. The number of carbonyl (C=O) groups is 1. The van der Waals surface area contributed by atoms with Crippen LogP contribution in [-0.2, 0) is 9.53 Å². The highest BCUT2D eigenvalue weighted by atomic mass is 32.1. The number of rotatable bonds is 3. The first-order chi connectivity index (χ1) is 10.4. The molecule has 0 unspecified atom stereocenters. The van der Waals surface area contributed by atoms with Gasteiger partial charge in [-0.15, -0.1) is 0 Å². The summed E-state index contributed by atoms with van der Waals surface area (Å²) in [4.78, 5) is 24.5. The Hall–Kier alpha value is -2.48. The molecule has 22 heavy (non-hydrogen) atoms. The first-order valence-electron chi connectivity index (χ1n) is 6.45. The Morgan fingerprint density at radius 3 is 2.68 bits per heavy atom. The fourth-order valence-electron chi connectivity index (χ4n) is 2.34. The summed E-state index contributed by atoms with van der Waals surface area (Å²) in [6.07, 6.45) is 0. The van der Waals surface area contributed by atoms with Gasteiger partial charge in [0.2, 0.25) is 0 Å². The van der Waals surface area contributed by atoms with Gasteiger partial charge in [0.1, 0.15) is 0 Å². The van der Waals surface area contributed by atoms with Crippen molar-refractivity contribution in [1.29, 1.82) is 0 Å². The van der Waals surface area contributed by atoms with Crippen LogP contribution in [0.4, 0.5) is 5.69 Å². The molecule has 7 nitrogen and oxygen atoms in total. The Balaban J connectivity index is 2.65. The number of methoxy groups -OCH3 is 1. The van der Waals surface area contributed by atoms with Crippen molar-refractivity contribution in [2.24, 2.45) is 0 Å². The molecule has 1 atom stereocenters. The molecule has 1 heterocycles. The summed E-state index contributed by atoms with van der Waals surface area (Å²) in [6, 6.07) is 5.51. The van der Waals surface area contributed by atoms with Gasteiger partial charge >= 0.3 is 5.97 Å². The van der Waals surface area contributed by atoms with Gasteiger partial charge in [0.15, 0.2) is 5.11 Å². The van der Waals surface area contributed by atoms with E-state index in [0.29, 0.717) is 21.9 Å². The molecule has 1 aromatic rings. The van der Waals surface area contributed by atoms with Crippen LogP contribution in [0.2, 0.25) is 0 Å². The number of nitro groups is 1. The van der Waals surface area contributed by atoms with E-state index in [-0.39, 0.29) is 5.69 Å². The number of allylic oxidation sites excluding steroid dienone is 1. The molecule has 2 rings (SSSR count). The lowest BCUT2D eigenvalue weighted by Crippen LogP contribution is -2.46. The average Bonchev–Trinajstić information content (AvgIpc) is 2.51. The normalized spacial score (nSPS) is 18.0. The monoisotopic (exact) mass is 321 g/mol. The van der Waals surface area contributed by atoms with Gasteiger partial charge in [-0.25, -0.2) is 4.79 Å². The maximum absolute atomic E-state index is 12.1. The maximum atomic E-state index is 12.1. The smallest absolute Gasteiger partial charge is 0.337 e. The molecule has 1 aromatic carbocycles. The van der Waals surface area contributed by atoms with Crippen LogP contribution in [-0.4, -0.2) is 35.1 Å². The molecular weight excluding hydrogens is 306 g/mol. The predicted octanol–water partition coefficient (Wildman–Crippen LogP) is 1.90. The van der Waals surface area contributed by atoms with Crippen LogP contribution in [0.15, 0.2) is 35.5 Å². The van der Waals surface area contributed by atoms with E-state index in [2.05, 4.69) is 5.32 Å². The van der Waals surface area contributed by atoms with Crippen molar-refractivity contribution in [2.75, 3.05) is 14.2 Å². The first-order valence-corrected chi connectivity index (χ1v) is 6.86. The van der Waals surface area contributed by atoms with Gasteiger partial charge in [0.25, 0.3) is 5.69 Å². The fourth-order valence-corrected chi connectivity index (χ4v) is 2.60. The molecule has 0 bridgehead atoms. The number of carbonyl (C=O) groups excluding carboxylic acids is 1. The van der Waals surface area contributed by atoms with Crippen molar-refractivity contribution in [1.82, 2.24) is 10.2 Å². The Morgan fingerprint density at radius 2 is 2.09 bits per heavy atom. The minimum atomic E-state index is -0.724. The van der Waals surface area contributed by atoms with Crippen LogP contribution in [0.5, 0.6) is 0 Å². The van der Waals surface area contributed by atoms with Gasteiger partial charge < -0.3 is 15.0 Å². The number of para-hydroxylation sites is 1. The lowest BCUT2D eigenvalue weighted by molar-refractivity contribution is -0.385. The topological polar surface area (TPSA) is 84.7 Å². The first kappa shape index (κ1) is 15.9. The molecule has 0 saturated heterocycles. The molecule has 1 aliphatic rings. The Kier molecular flexibility index (Phi) is 4.41. The third-order valence-corrected chi connectivity index (χ3v) is 4.00. The number of esters is 1. The molecule has 116 valence electrons. The summed E-state index contributed by atoms with van der Waals surface area (Å²) < 4.78 is 4.82. The summed E-state index contributed by atoms with van der Waals surface area (Å²) in [5.74, 6) is -0.553. The van der Waals surface area contributed by atoms with Crippen molar-refractivity contribution >= 4 is 29.0 Å². The molecular formula is C14H15N3O4S. The lowest BCUT2D eigenvalue weighted by atomic mass is 9.94. The highest BCUT2D eigenvalue weighted by Crippen LogP contribution is 2.35. The van der Waals surface area contributed by atoms with Gasteiger partial charge in [-0.1, -0.05) is 12.1 Å². The third-order valence-electron chi connectivity index (χ3n) is 3.60. The van der Waals surface area contributed by atoms with Crippen LogP contribution in [0.3, 0.4) is 0 Å². The number of ether oxygens (including phenoxy) is 1. The van der Waals surface area contributed by atoms with E-state index in [4.69, 9.17) is 17.0 Å². The van der Waals surface area contributed by atoms with Crippen molar-refractivity contribution in [3.05, 3.63) is 51.2 Å². The number of hydrogen-bond acceptors (Lipinski definition) is 5. The molecule has 0 spiro atoms. The molecule has 1 aliphatic heterocycles. The van der Waals surface area contributed by atoms with Crippen LogP contribution < -0.4 is 5.32 Å². The second-order valence-corrected chi connectivity index (χ2v) is 5.13.